The zero-order valence-electron chi connectivity index (χ0n) is 12.5. The quantitative estimate of drug-likeness (QED) is 0.906. The molecule has 1 aromatic carbocycles. The summed E-state index contributed by atoms with van der Waals surface area (Å²) in [7, 11) is 2.23. The Bertz CT molecular complexity index is 405. The SMILES string of the molecule is Cc1cccc(N2CC(CCN)N(C)CCC2C)c1. The molecule has 0 saturated carbocycles. The number of anilines is 1. The first-order valence-electron chi connectivity index (χ1n) is 7.35. The van der Waals surface area contributed by atoms with Gasteiger partial charge in [0.05, 0.1) is 0 Å². The molecule has 1 aliphatic rings. The lowest BCUT2D eigenvalue weighted by atomic mass is 10.1. The number of nitrogens with zero attached hydrogens (tertiary/aromatic N) is 2. The second-order valence-corrected chi connectivity index (χ2v) is 5.84. The molecular formula is C16H27N3. The number of nitrogens with two attached hydrogens (primary N) is 1. The lowest BCUT2D eigenvalue weighted by molar-refractivity contribution is 0.250. The van der Waals surface area contributed by atoms with Crippen LogP contribution in [-0.4, -0.2) is 43.7 Å². The Balaban J connectivity index is 2.21. The maximum atomic E-state index is 5.77. The first-order valence-corrected chi connectivity index (χ1v) is 7.35. The minimum atomic E-state index is 0.565. The van der Waals surface area contributed by atoms with Crippen molar-refractivity contribution in [3.63, 3.8) is 0 Å². The summed E-state index contributed by atoms with van der Waals surface area (Å²) < 4.78 is 0. The third-order valence-electron chi connectivity index (χ3n) is 4.30. The van der Waals surface area contributed by atoms with Crippen LogP contribution in [0.15, 0.2) is 24.3 Å². The van der Waals surface area contributed by atoms with Gasteiger partial charge in [-0.1, -0.05) is 12.1 Å². The summed E-state index contributed by atoms with van der Waals surface area (Å²) in [4.78, 5) is 5.02. The molecule has 1 fully saturated rings. The van der Waals surface area contributed by atoms with Crippen molar-refractivity contribution in [2.75, 3.05) is 31.6 Å². The van der Waals surface area contributed by atoms with Crippen molar-refractivity contribution in [3.8, 4) is 0 Å². The van der Waals surface area contributed by atoms with E-state index in [-0.39, 0.29) is 0 Å². The van der Waals surface area contributed by atoms with E-state index in [1.807, 2.05) is 0 Å². The fourth-order valence-electron chi connectivity index (χ4n) is 2.95. The summed E-state index contributed by atoms with van der Waals surface area (Å²) in [6.07, 6.45) is 2.29. The van der Waals surface area contributed by atoms with E-state index in [1.54, 1.807) is 0 Å². The topological polar surface area (TPSA) is 32.5 Å². The number of likely N-dealkylation sites (N-methyl/N-ethyl adjacent to an activating group) is 1. The van der Waals surface area contributed by atoms with Crippen LogP contribution in [0.4, 0.5) is 5.69 Å². The van der Waals surface area contributed by atoms with E-state index in [2.05, 4.69) is 55.0 Å². The fourth-order valence-corrected chi connectivity index (χ4v) is 2.95. The van der Waals surface area contributed by atoms with Crippen molar-refractivity contribution in [1.82, 2.24) is 4.90 Å². The predicted octanol–water partition coefficient (Wildman–Crippen LogP) is 2.24. The van der Waals surface area contributed by atoms with Crippen molar-refractivity contribution < 1.29 is 0 Å². The number of benzene rings is 1. The van der Waals surface area contributed by atoms with Gasteiger partial charge in [0.15, 0.2) is 0 Å². The molecule has 1 heterocycles. The monoisotopic (exact) mass is 261 g/mol. The van der Waals surface area contributed by atoms with E-state index >= 15 is 0 Å². The minimum absolute atomic E-state index is 0.565. The molecule has 3 nitrogen and oxygen atoms in total. The highest BCUT2D eigenvalue weighted by Gasteiger charge is 2.26. The average molecular weight is 261 g/mol. The molecule has 2 N–H and O–H groups in total. The Morgan fingerprint density at radius 1 is 1.37 bits per heavy atom. The second kappa shape index (κ2) is 6.40. The first-order chi connectivity index (χ1) is 9.11. The summed E-state index contributed by atoms with van der Waals surface area (Å²) in [5, 5.41) is 0. The van der Waals surface area contributed by atoms with E-state index in [4.69, 9.17) is 5.73 Å². The fraction of sp³-hybridized carbons (Fsp3) is 0.625. The normalized spacial score (nSPS) is 25.4. The van der Waals surface area contributed by atoms with Crippen molar-refractivity contribution in [2.24, 2.45) is 5.73 Å². The molecule has 106 valence electrons. The molecule has 19 heavy (non-hydrogen) atoms. The number of aryl methyl sites for hydroxylation is 1. The lowest BCUT2D eigenvalue weighted by Crippen LogP contribution is -2.42. The largest absolute Gasteiger partial charge is 0.367 e. The molecule has 0 amide bonds. The third kappa shape index (κ3) is 3.48. The van der Waals surface area contributed by atoms with Crippen LogP contribution >= 0.6 is 0 Å². The van der Waals surface area contributed by atoms with Gasteiger partial charge < -0.3 is 15.5 Å². The van der Waals surface area contributed by atoms with E-state index in [0.29, 0.717) is 12.1 Å². The molecule has 1 saturated heterocycles. The highest BCUT2D eigenvalue weighted by Crippen LogP contribution is 2.24. The number of hydrogen-bond donors (Lipinski definition) is 1. The molecule has 0 radical (unpaired) electrons. The standard InChI is InChI=1S/C16H27N3/c1-13-5-4-6-15(11-13)19-12-16(7-9-17)18(3)10-8-14(19)2/h4-6,11,14,16H,7-10,12,17H2,1-3H3. The number of hydrogen-bond acceptors (Lipinski definition) is 3. The van der Waals surface area contributed by atoms with Crippen molar-refractivity contribution in [1.29, 1.82) is 0 Å². The number of rotatable bonds is 3. The van der Waals surface area contributed by atoms with Gasteiger partial charge in [0.2, 0.25) is 0 Å². The van der Waals surface area contributed by atoms with Crippen LogP contribution in [0.2, 0.25) is 0 Å². The van der Waals surface area contributed by atoms with Gasteiger partial charge in [-0.2, -0.15) is 0 Å². The molecule has 2 atom stereocenters. The van der Waals surface area contributed by atoms with Crippen molar-refractivity contribution in [3.05, 3.63) is 29.8 Å². The summed E-state index contributed by atoms with van der Waals surface area (Å²) in [5.41, 5.74) is 8.45. The predicted molar refractivity (Wildman–Crippen MR) is 82.7 cm³/mol. The minimum Gasteiger partial charge on any atom is -0.367 e. The highest BCUT2D eigenvalue weighted by atomic mass is 15.2. The van der Waals surface area contributed by atoms with Gasteiger partial charge in [0.25, 0.3) is 0 Å². The van der Waals surface area contributed by atoms with Gasteiger partial charge in [-0.3, -0.25) is 0 Å². The average Bonchev–Trinajstić information content (AvgIpc) is 2.52. The third-order valence-corrected chi connectivity index (χ3v) is 4.30. The molecular weight excluding hydrogens is 234 g/mol. The molecule has 0 aliphatic carbocycles. The maximum Gasteiger partial charge on any atom is 0.0371 e. The van der Waals surface area contributed by atoms with Gasteiger partial charge in [-0.05, 0) is 58.0 Å². The molecule has 2 rings (SSSR count). The van der Waals surface area contributed by atoms with Gasteiger partial charge in [-0.15, -0.1) is 0 Å². The van der Waals surface area contributed by atoms with Gasteiger partial charge in [0.1, 0.15) is 0 Å². The Morgan fingerprint density at radius 2 is 2.16 bits per heavy atom. The van der Waals surface area contributed by atoms with Crippen molar-refractivity contribution >= 4 is 5.69 Å². The van der Waals surface area contributed by atoms with E-state index < -0.39 is 0 Å². The smallest absolute Gasteiger partial charge is 0.0371 e. The zero-order valence-corrected chi connectivity index (χ0v) is 12.5. The molecule has 1 aliphatic heterocycles. The Morgan fingerprint density at radius 3 is 2.84 bits per heavy atom. The Hall–Kier alpha value is -1.06. The zero-order chi connectivity index (χ0) is 13.8. The van der Waals surface area contributed by atoms with Crippen LogP contribution in [0.1, 0.15) is 25.3 Å². The van der Waals surface area contributed by atoms with Crippen LogP contribution in [0.25, 0.3) is 0 Å². The summed E-state index contributed by atoms with van der Waals surface area (Å²) in [5.74, 6) is 0. The van der Waals surface area contributed by atoms with E-state index in [1.165, 1.54) is 17.7 Å². The first kappa shape index (κ1) is 14.4. The molecule has 0 spiro atoms. The summed E-state index contributed by atoms with van der Waals surface area (Å²) >= 11 is 0. The van der Waals surface area contributed by atoms with E-state index in [9.17, 15) is 0 Å². The van der Waals surface area contributed by atoms with Gasteiger partial charge >= 0.3 is 0 Å². The second-order valence-electron chi connectivity index (χ2n) is 5.84. The summed E-state index contributed by atoms with van der Waals surface area (Å²) in [6.45, 7) is 7.51. The van der Waals surface area contributed by atoms with Crippen LogP contribution in [0, 0.1) is 6.92 Å². The molecule has 3 heteroatoms. The Labute approximate surface area is 117 Å². The lowest BCUT2D eigenvalue weighted by Gasteiger charge is -2.33. The molecule has 0 bridgehead atoms. The van der Waals surface area contributed by atoms with Crippen LogP contribution in [0.5, 0.6) is 0 Å². The van der Waals surface area contributed by atoms with E-state index in [0.717, 1.165) is 26.1 Å². The molecule has 0 aromatic heterocycles. The van der Waals surface area contributed by atoms with Crippen LogP contribution < -0.4 is 10.6 Å². The van der Waals surface area contributed by atoms with Crippen molar-refractivity contribution in [2.45, 2.75) is 38.8 Å². The van der Waals surface area contributed by atoms with Crippen LogP contribution in [-0.2, 0) is 0 Å². The van der Waals surface area contributed by atoms with Crippen LogP contribution in [0.3, 0.4) is 0 Å². The molecule has 1 aromatic rings. The van der Waals surface area contributed by atoms with Gasteiger partial charge in [-0.25, -0.2) is 0 Å². The molecule has 2 unspecified atom stereocenters. The highest BCUT2D eigenvalue weighted by molar-refractivity contribution is 5.49. The Kier molecular flexibility index (Phi) is 4.83. The summed E-state index contributed by atoms with van der Waals surface area (Å²) in [6, 6.07) is 10.00. The maximum absolute atomic E-state index is 5.77. The van der Waals surface area contributed by atoms with Gasteiger partial charge in [0, 0.05) is 30.9 Å².